The Balaban J connectivity index is 2.78. The first-order chi connectivity index (χ1) is 3.41. The van der Waals surface area contributed by atoms with Gasteiger partial charge in [-0.25, -0.2) is 5.11 Å². The SMILES string of the molecule is [O]CCCC#CBr. The molecule has 0 aromatic heterocycles. The zero-order chi connectivity index (χ0) is 5.54. The minimum absolute atomic E-state index is 0.0122. The van der Waals surface area contributed by atoms with Crippen LogP contribution in [0.5, 0.6) is 0 Å². The van der Waals surface area contributed by atoms with Gasteiger partial charge in [-0.3, -0.25) is 0 Å². The van der Waals surface area contributed by atoms with Gasteiger partial charge in [0.1, 0.15) is 0 Å². The molecule has 0 spiro atoms. The molecule has 1 radical (unpaired) electrons. The fourth-order valence-corrected chi connectivity index (χ4v) is 0.406. The predicted molar refractivity (Wildman–Crippen MR) is 31.5 cm³/mol. The van der Waals surface area contributed by atoms with E-state index in [4.69, 9.17) is 0 Å². The highest BCUT2D eigenvalue weighted by atomic mass is 79.9. The Labute approximate surface area is 51.9 Å². The van der Waals surface area contributed by atoms with Crippen LogP contribution < -0.4 is 0 Å². The van der Waals surface area contributed by atoms with Crippen LogP contribution in [0.15, 0.2) is 0 Å². The minimum Gasteiger partial charge on any atom is -0.237 e. The summed E-state index contributed by atoms with van der Waals surface area (Å²) in [6.07, 6.45) is 1.38. The molecule has 0 aliphatic heterocycles. The van der Waals surface area contributed by atoms with Crippen molar-refractivity contribution in [2.24, 2.45) is 0 Å². The van der Waals surface area contributed by atoms with Crippen LogP contribution in [0.25, 0.3) is 0 Å². The molecule has 0 unspecified atom stereocenters. The van der Waals surface area contributed by atoms with Crippen molar-refractivity contribution >= 4 is 15.9 Å². The maximum absolute atomic E-state index is 9.72. The molecule has 0 N–H and O–H groups in total. The summed E-state index contributed by atoms with van der Waals surface area (Å²) >= 11 is 2.92. The third kappa shape index (κ3) is 6.00. The average Bonchev–Trinajstić information content (AvgIpc) is 1.69. The Kier molecular flexibility index (Phi) is 6.00. The zero-order valence-electron chi connectivity index (χ0n) is 3.91. The molecule has 39 valence electrons. The fraction of sp³-hybridized carbons (Fsp3) is 0.600. The van der Waals surface area contributed by atoms with Gasteiger partial charge in [0.15, 0.2) is 0 Å². The monoisotopic (exact) mass is 161 g/mol. The van der Waals surface area contributed by atoms with Crippen molar-refractivity contribution in [3.05, 3.63) is 0 Å². The van der Waals surface area contributed by atoms with Crippen molar-refractivity contribution in [2.45, 2.75) is 12.8 Å². The summed E-state index contributed by atoms with van der Waals surface area (Å²) in [5.74, 6) is 2.72. The second-order valence-electron chi connectivity index (χ2n) is 1.08. The first-order valence-electron chi connectivity index (χ1n) is 2.08. The smallest absolute Gasteiger partial charge is 0.0831 e. The van der Waals surface area contributed by atoms with Gasteiger partial charge in [-0.15, -0.1) is 0 Å². The molecule has 0 saturated heterocycles. The first kappa shape index (κ1) is 7.00. The van der Waals surface area contributed by atoms with Crippen molar-refractivity contribution in [1.29, 1.82) is 0 Å². The van der Waals surface area contributed by atoms with Crippen molar-refractivity contribution in [1.82, 2.24) is 0 Å². The molecule has 0 aliphatic rings. The number of unbranched alkanes of at least 4 members (excludes halogenated alkanes) is 1. The highest BCUT2D eigenvalue weighted by Gasteiger charge is 1.75. The van der Waals surface area contributed by atoms with Crippen LogP contribution in [-0.4, -0.2) is 6.61 Å². The number of hydrogen-bond donors (Lipinski definition) is 0. The highest BCUT2D eigenvalue weighted by molar-refractivity contribution is 9.12. The summed E-state index contributed by atoms with van der Waals surface area (Å²) in [7, 11) is 0. The fourth-order valence-electron chi connectivity index (χ4n) is 0.208. The third-order valence-electron chi connectivity index (χ3n) is 0.513. The van der Waals surface area contributed by atoms with Crippen LogP contribution in [0, 0.1) is 10.8 Å². The number of halogens is 1. The van der Waals surface area contributed by atoms with Crippen LogP contribution in [-0.2, 0) is 5.11 Å². The Hall–Kier alpha value is 0. The second kappa shape index (κ2) is 6.00. The molecule has 2 heteroatoms. The predicted octanol–water partition coefficient (Wildman–Crippen LogP) is 1.55. The van der Waals surface area contributed by atoms with Crippen LogP contribution in [0.3, 0.4) is 0 Å². The standard InChI is InChI=1S/C5H6BrO/c6-4-2-1-3-5-7/h1,3,5H2. The van der Waals surface area contributed by atoms with E-state index in [0.29, 0.717) is 6.42 Å². The second-order valence-corrected chi connectivity index (χ2v) is 1.48. The van der Waals surface area contributed by atoms with Gasteiger partial charge in [-0.2, -0.15) is 0 Å². The number of rotatable bonds is 2. The van der Waals surface area contributed by atoms with Crippen LogP contribution in [0.1, 0.15) is 12.8 Å². The van der Waals surface area contributed by atoms with E-state index in [0.717, 1.165) is 6.42 Å². The lowest BCUT2D eigenvalue weighted by Crippen LogP contribution is -1.75. The van der Waals surface area contributed by atoms with E-state index < -0.39 is 0 Å². The lowest BCUT2D eigenvalue weighted by atomic mass is 10.3. The molecule has 1 nitrogen and oxygen atoms in total. The Morgan fingerprint density at radius 3 is 2.71 bits per heavy atom. The molecule has 0 atom stereocenters. The molecule has 0 aromatic rings. The molecule has 0 fully saturated rings. The van der Waals surface area contributed by atoms with Crippen molar-refractivity contribution in [2.75, 3.05) is 6.61 Å². The van der Waals surface area contributed by atoms with E-state index in [1.54, 1.807) is 0 Å². The summed E-state index contributed by atoms with van der Waals surface area (Å²) in [6.45, 7) is -0.0122. The van der Waals surface area contributed by atoms with Gasteiger partial charge in [-0.05, 0) is 11.3 Å². The molecule has 0 amide bonds. The topological polar surface area (TPSA) is 19.9 Å². The molecule has 0 aliphatic carbocycles. The summed E-state index contributed by atoms with van der Waals surface area (Å²) in [5.41, 5.74) is 0. The zero-order valence-corrected chi connectivity index (χ0v) is 5.49. The quantitative estimate of drug-likeness (QED) is 0.433. The van der Waals surface area contributed by atoms with Crippen molar-refractivity contribution in [3.8, 4) is 10.8 Å². The molecule has 0 aromatic carbocycles. The maximum atomic E-state index is 9.72. The van der Waals surface area contributed by atoms with E-state index in [2.05, 4.69) is 26.7 Å². The van der Waals surface area contributed by atoms with Crippen molar-refractivity contribution in [3.63, 3.8) is 0 Å². The van der Waals surface area contributed by atoms with E-state index >= 15 is 0 Å². The Morgan fingerprint density at radius 1 is 1.57 bits per heavy atom. The average molecular weight is 162 g/mol. The van der Waals surface area contributed by atoms with Crippen molar-refractivity contribution < 1.29 is 5.11 Å². The van der Waals surface area contributed by atoms with E-state index in [1.807, 2.05) is 0 Å². The maximum Gasteiger partial charge on any atom is 0.0831 e. The summed E-state index contributed by atoms with van der Waals surface area (Å²) in [5, 5.41) is 9.72. The molecule has 0 bridgehead atoms. The Morgan fingerprint density at radius 2 is 2.29 bits per heavy atom. The lowest BCUT2D eigenvalue weighted by Gasteiger charge is -1.77. The van der Waals surface area contributed by atoms with Gasteiger partial charge in [0.05, 0.1) is 6.61 Å². The highest BCUT2D eigenvalue weighted by Crippen LogP contribution is 1.83. The van der Waals surface area contributed by atoms with E-state index in [9.17, 15) is 5.11 Å². The molecular formula is C5H6BrO. The summed E-state index contributed by atoms with van der Waals surface area (Å²) < 4.78 is 0. The molecule has 0 rings (SSSR count). The van der Waals surface area contributed by atoms with Gasteiger partial charge in [0.2, 0.25) is 0 Å². The summed E-state index contributed by atoms with van der Waals surface area (Å²) in [4.78, 5) is 2.53. The van der Waals surface area contributed by atoms with Gasteiger partial charge >= 0.3 is 0 Å². The van der Waals surface area contributed by atoms with E-state index in [-0.39, 0.29) is 6.61 Å². The molecule has 7 heavy (non-hydrogen) atoms. The first-order valence-corrected chi connectivity index (χ1v) is 2.87. The van der Waals surface area contributed by atoms with Gasteiger partial charge < -0.3 is 0 Å². The van der Waals surface area contributed by atoms with Crippen LogP contribution >= 0.6 is 15.9 Å². The van der Waals surface area contributed by atoms with Gasteiger partial charge in [0, 0.05) is 22.4 Å². The van der Waals surface area contributed by atoms with Crippen LogP contribution in [0.4, 0.5) is 0 Å². The molecule has 0 heterocycles. The minimum atomic E-state index is -0.0122. The number of hydrogen-bond acceptors (Lipinski definition) is 0. The largest absolute Gasteiger partial charge is 0.237 e. The molecular weight excluding hydrogens is 156 g/mol. The Bertz CT molecular complexity index is 79.8. The normalized spacial score (nSPS) is 7.14. The summed E-state index contributed by atoms with van der Waals surface area (Å²) in [6, 6.07) is 0. The van der Waals surface area contributed by atoms with Crippen LogP contribution in [0.2, 0.25) is 0 Å². The molecule has 0 saturated carbocycles. The lowest BCUT2D eigenvalue weighted by molar-refractivity contribution is 0.190. The van der Waals surface area contributed by atoms with Gasteiger partial charge in [-0.1, -0.05) is 5.92 Å². The van der Waals surface area contributed by atoms with Gasteiger partial charge in [0.25, 0.3) is 0 Å². The third-order valence-corrected chi connectivity index (χ3v) is 0.793. The van der Waals surface area contributed by atoms with E-state index in [1.165, 1.54) is 0 Å².